The molecule has 2 aromatic carbocycles. The molecule has 3 aromatic rings. The van der Waals surface area contributed by atoms with Crippen LogP contribution in [0.3, 0.4) is 0 Å². The van der Waals surface area contributed by atoms with Gasteiger partial charge in [-0.25, -0.2) is 0 Å². The smallest absolute Gasteiger partial charge is 0.176 e. The molecule has 0 aliphatic carbocycles. The predicted molar refractivity (Wildman–Crippen MR) is 109 cm³/mol. The molecule has 0 saturated heterocycles. The monoisotopic (exact) mass is 352 g/mol. The number of fused-ring (bicyclic) bond motifs is 3. The Labute approximate surface area is 155 Å². The Bertz CT molecular complexity index is 934. The second kappa shape index (κ2) is 8.02. The minimum Gasteiger partial charge on any atom is -0.351 e. The lowest BCUT2D eigenvalue weighted by atomic mass is 9.99. The van der Waals surface area contributed by atoms with Gasteiger partial charge in [0.25, 0.3) is 0 Å². The number of rotatable bonds is 7. The van der Waals surface area contributed by atoms with Crippen LogP contribution >= 0.6 is 0 Å². The quantitative estimate of drug-likeness (QED) is 0.454. The summed E-state index contributed by atoms with van der Waals surface area (Å²) in [5.41, 5.74) is 6.23. The van der Waals surface area contributed by atoms with Gasteiger partial charge in [-0.2, -0.15) is 0 Å². The molecule has 0 fully saturated rings. The first kappa shape index (κ1) is 18.6. The van der Waals surface area contributed by atoms with Gasteiger partial charge in [0.15, 0.2) is 6.29 Å². The zero-order chi connectivity index (χ0) is 18.7. The molecule has 0 bridgehead atoms. The Morgan fingerprint density at radius 3 is 2.50 bits per heavy atom. The summed E-state index contributed by atoms with van der Waals surface area (Å²) in [6.07, 6.45) is 1.68. The standard InChI is InChI=1S/C22H28N2O2/c1-6-25-20(26-7-2)14-23-13-17-12-15(3)22-21(16(17)4)18-10-8-9-11-19(18)24(22)5/h8-13,20H,6-7,14H2,1-5H3. The SMILES string of the molecule is CCOC(CN=Cc1cc(C)c2c(c1C)c1ccccc1n2C)OCC. The first-order chi connectivity index (χ1) is 12.6. The van der Waals surface area contributed by atoms with Crippen molar-refractivity contribution in [1.29, 1.82) is 0 Å². The van der Waals surface area contributed by atoms with E-state index in [9.17, 15) is 0 Å². The van der Waals surface area contributed by atoms with Gasteiger partial charge in [-0.15, -0.1) is 0 Å². The van der Waals surface area contributed by atoms with Crippen molar-refractivity contribution >= 4 is 28.0 Å². The lowest BCUT2D eigenvalue weighted by Crippen LogP contribution is -2.20. The summed E-state index contributed by atoms with van der Waals surface area (Å²) in [4.78, 5) is 4.59. The lowest BCUT2D eigenvalue weighted by molar-refractivity contribution is -0.128. The maximum Gasteiger partial charge on any atom is 0.176 e. The molecular formula is C22H28N2O2. The van der Waals surface area contributed by atoms with E-state index >= 15 is 0 Å². The van der Waals surface area contributed by atoms with Crippen molar-refractivity contribution in [3.05, 3.63) is 47.0 Å². The molecular weight excluding hydrogens is 324 g/mol. The van der Waals surface area contributed by atoms with E-state index in [0.717, 1.165) is 5.56 Å². The van der Waals surface area contributed by atoms with E-state index in [-0.39, 0.29) is 6.29 Å². The minimum absolute atomic E-state index is 0.274. The highest BCUT2D eigenvalue weighted by molar-refractivity contribution is 6.12. The normalized spacial score (nSPS) is 12.2. The molecule has 0 saturated carbocycles. The number of aryl methyl sites for hydroxylation is 3. The summed E-state index contributed by atoms with van der Waals surface area (Å²) in [5.74, 6) is 0. The average Bonchev–Trinajstić information content (AvgIpc) is 2.93. The molecule has 26 heavy (non-hydrogen) atoms. The Kier molecular flexibility index (Phi) is 5.74. The lowest BCUT2D eigenvalue weighted by Gasteiger charge is -2.14. The van der Waals surface area contributed by atoms with E-state index in [4.69, 9.17) is 9.47 Å². The van der Waals surface area contributed by atoms with Crippen LogP contribution in [0.15, 0.2) is 35.3 Å². The van der Waals surface area contributed by atoms with Crippen LogP contribution in [0.4, 0.5) is 0 Å². The van der Waals surface area contributed by atoms with E-state index < -0.39 is 0 Å². The van der Waals surface area contributed by atoms with Crippen molar-refractivity contribution in [2.24, 2.45) is 12.0 Å². The van der Waals surface area contributed by atoms with E-state index in [2.05, 4.69) is 60.8 Å². The van der Waals surface area contributed by atoms with Crippen LogP contribution in [-0.4, -0.2) is 36.8 Å². The average molecular weight is 352 g/mol. The zero-order valence-corrected chi connectivity index (χ0v) is 16.4. The van der Waals surface area contributed by atoms with Gasteiger partial charge >= 0.3 is 0 Å². The van der Waals surface area contributed by atoms with Crippen molar-refractivity contribution in [3.8, 4) is 0 Å². The minimum atomic E-state index is -0.274. The third-order valence-corrected chi connectivity index (χ3v) is 4.85. The topological polar surface area (TPSA) is 35.8 Å². The number of aromatic nitrogens is 1. The summed E-state index contributed by atoms with van der Waals surface area (Å²) in [6, 6.07) is 10.8. The van der Waals surface area contributed by atoms with Crippen molar-refractivity contribution < 1.29 is 9.47 Å². The molecule has 3 rings (SSSR count). The molecule has 0 amide bonds. The summed E-state index contributed by atoms with van der Waals surface area (Å²) >= 11 is 0. The molecule has 0 radical (unpaired) electrons. The Hall–Kier alpha value is -2.17. The molecule has 0 unspecified atom stereocenters. The fraction of sp³-hybridized carbons (Fsp3) is 0.409. The first-order valence-corrected chi connectivity index (χ1v) is 9.28. The zero-order valence-electron chi connectivity index (χ0n) is 16.4. The Morgan fingerprint density at radius 2 is 1.81 bits per heavy atom. The van der Waals surface area contributed by atoms with E-state index in [1.807, 2.05) is 20.1 Å². The maximum atomic E-state index is 5.57. The van der Waals surface area contributed by atoms with Gasteiger partial charge in [-0.05, 0) is 56.5 Å². The molecule has 1 aromatic heterocycles. The van der Waals surface area contributed by atoms with E-state index in [1.165, 1.54) is 32.9 Å². The highest BCUT2D eigenvalue weighted by Crippen LogP contribution is 2.33. The largest absolute Gasteiger partial charge is 0.351 e. The molecule has 0 atom stereocenters. The number of nitrogens with zero attached hydrogens (tertiary/aromatic N) is 2. The summed E-state index contributed by atoms with van der Waals surface area (Å²) < 4.78 is 13.4. The number of hydrogen-bond donors (Lipinski definition) is 0. The maximum absolute atomic E-state index is 5.57. The summed E-state index contributed by atoms with van der Waals surface area (Å²) in [5, 5.41) is 2.61. The van der Waals surface area contributed by atoms with Crippen LogP contribution in [0, 0.1) is 13.8 Å². The summed E-state index contributed by atoms with van der Waals surface area (Å²) in [7, 11) is 2.14. The predicted octanol–water partition coefficient (Wildman–Crippen LogP) is 4.77. The second-order valence-corrected chi connectivity index (χ2v) is 6.54. The van der Waals surface area contributed by atoms with Crippen LogP contribution in [0.5, 0.6) is 0 Å². The fourth-order valence-corrected chi connectivity index (χ4v) is 3.69. The molecule has 1 heterocycles. The molecule has 0 aliphatic rings. The Balaban J connectivity index is 2.01. The molecule has 138 valence electrons. The van der Waals surface area contributed by atoms with Gasteiger partial charge in [-0.1, -0.05) is 18.2 Å². The molecule has 4 nitrogen and oxygen atoms in total. The molecule has 0 N–H and O–H groups in total. The van der Waals surface area contributed by atoms with Gasteiger partial charge in [0.1, 0.15) is 0 Å². The van der Waals surface area contributed by atoms with Crippen molar-refractivity contribution in [2.75, 3.05) is 19.8 Å². The van der Waals surface area contributed by atoms with Crippen molar-refractivity contribution in [2.45, 2.75) is 34.0 Å². The number of aliphatic imine (C=N–C) groups is 1. The summed E-state index contributed by atoms with van der Waals surface area (Å²) in [6.45, 7) is 10.0. The Morgan fingerprint density at radius 1 is 1.12 bits per heavy atom. The highest BCUT2D eigenvalue weighted by Gasteiger charge is 2.14. The van der Waals surface area contributed by atoms with E-state index in [0.29, 0.717) is 19.8 Å². The number of hydrogen-bond acceptors (Lipinski definition) is 3. The molecule has 4 heteroatoms. The number of benzene rings is 2. The van der Waals surface area contributed by atoms with Crippen LogP contribution in [0.1, 0.15) is 30.5 Å². The van der Waals surface area contributed by atoms with Gasteiger partial charge in [-0.3, -0.25) is 4.99 Å². The number of para-hydroxylation sites is 1. The second-order valence-electron chi connectivity index (χ2n) is 6.54. The fourth-order valence-electron chi connectivity index (χ4n) is 3.69. The molecule has 0 spiro atoms. The third-order valence-electron chi connectivity index (χ3n) is 4.85. The van der Waals surface area contributed by atoms with Crippen LogP contribution < -0.4 is 0 Å². The van der Waals surface area contributed by atoms with Gasteiger partial charge in [0, 0.05) is 42.8 Å². The molecule has 0 aliphatic heterocycles. The van der Waals surface area contributed by atoms with Gasteiger partial charge in [0.05, 0.1) is 12.1 Å². The van der Waals surface area contributed by atoms with Gasteiger partial charge < -0.3 is 14.0 Å². The third kappa shape index (κ3) is 3.39. The van der Waals surface area contributed by atoms with Gasteiger partial charge in [0.2, 0.25) is 0 Å². The van der Waals surface area contributed by atoms with Crippen LogP contribution in [0.2, 0.25) is 0 Å². The van der Waals surface area contributed by atoms with Crippen LogP contribution in [-0.2, 0) is 16.5 Å². The van der Waals surface area contributed by atoms with E-state index in [1.54, 1.807) is 0 Å². The van der Waals surface area contributed by atoms with Crippen molar-refractivity contribution in [3.63, 3.8) is 0 Å². The van der Waals surface area contributed by atoms with Crippen molar-refractivity contribution in [1.82, 2.24) is 4.57 Å². The number of ether oxygens (including phenoxy) is 2. The van der Waals surface area contributed by atoms with Crippen LogP contribution in [0.25, 0.3) is 21.8 Å². The highest BCUT2D eigenvalue weighted by atomic mass is 16.7. The first-order valence-electron chi connectivity index (χ1n) is 9.28.